The molecule has 96 valence electrons. The van der Waals surface area contributed by atoms with E-state index in [1.165, 1.54) is 24.3 Å². The first kappa shape index (κ1) is 12.6. The Kier molecular flexibility index (Phi) is 2.70. The standard InChI is InChI=1S/C12H10F2O4/c13-12(14)10(17)7-3-1-2-4-8(7)11(12,18)6-5-9(15)16/h1-4,18H,5-6H2,(H,15,16). The van der Waals surface area contributed by atoms with Gasteiger partial charge in [0.25, 0.3) is 0 Å². The first-order valence-corrected chi connectivity index (χ1v) is 5.27. The molecular weight excluding hydrogens is 246 g/mol. The van der Waals surface area contributed by atoms with Crippen LogP contribution in [0.5, 0.6) is 0 Å². The third kappa shape index (κ3) is 1.53. The van der Waals surface area contributed by atoms with Gasteiger partial charge in [0.1, 0.15) is 0 Å². The fourth-order valence-corrected chi connectivity index (χ4v) is 2.15. The lowest BCUT2D eigenvalue weighted by Gasteiger charge is -2.28. The van der Waals surface area contributed by atoms with Gasteiger partial charge in [-0.2, -0.15) is 8.78 Å². The van der Waals surface area contributed by atoms with Gasteiger partial charge in [-0.3, -0.25) is 9.59 Å². The van der Waals surface area contributed by atoms with Crippen LogP contribution in [0.15, 0.2) is 24.3 Å². The van der Waals surface area contributed by atoms with Gasteiger partial charge in [-0.1, -0.05) is 24.3 Å². The zero-order valence-electron chi connectivity index (χ0n) is 9.19. The number of hydrogen-bond donors (Lipinski definition) is 2. The number of ketones is 1. The highest BCUT2D eigenvalue weighted by Gasteiger charge is 2.65. The Labute approximate surface area is 101 Å². The molecular formula is C12H10F2O4. The topological polar surface area (TPSA) is 74.6 Å². The fraction of sp³-hybridized carbons (Fsp3) is 0.333. The Morgan fingerprint density at radius 2 is 1.89 bits per heavy atom. The van der Waals surface area contributed by atoms with E-state index in [2.05, 4.69) is 0 Å². The molecule has 0 bridgehead atoms. The van der Waals surface area contributed by atoms with Crippen LogP contribution < -0.4 is 0 Å². The van der Waals surface area contributed by atoms with E-state index in [9.17, 15) is 23.5 Å². The third-order valence-corrected chi connectivity index (χ3v) is 3.12. The van der Waals surface area contributed by atoms with Crippen molar-refractivity contribution < 1.29 is 28.6 Å². The second kappa shape index (κ2) is 3.84. The van der Waals surface area contributed by atoms with Gasteiger partial charge in [0.2, 0.25) is 5.78 Å². The molecule has 0 fully saturated rings. The van der Waals surface area contributed by atoms with Crippen LogP contribution in [0.25, 0.3) is 0 Å². The second-order valence-electron chi connectivity index (χ2n) is 4.20. The minimum absolute atomic E-state index is 0.207. The number of alkyl halides is 2. The molecule has 0 saturated carbocycles. The summed E-state index contributed by atoms with van der Waals surface area (Å²) in [7, 11) is 0. The van der Waals surface area contributed by atoms with E-state index >= 15 is 0 Å². The van der Waals surface area contributed by atoms with Crippen molar-refractivity contribution in [1.82, 2.24) is 0 Å². The van der Waals surface area contributed by atoms with Crippen molar-refractivity contribution in [2.24, 2.45) is 0 Å². The summed E-state index contributed by atoms with van der Waals surface area (Å²) >= 11 is 0. The summed E-state index contributed by atoms with van der Waals surface area (Å²) in [4.78, 5) is 22.0. The predicted molar refractivity (Wildman–Crippen MR) is 56.5 cm³/mol. The highest BCUT2D eigenvalue weighted by molar-refractivity contribution is 6.07. The summed E-state index contributed by atoms with van der Waals surface area (Å²) in [5.74, 6) is -6.77. The van der Waals surface area contributed by atoms with Gasteiger partial charge in [0.05, 0.1) is 0 Å². The molecule has 0 aliphatic heterocycles. The molecule has 1 aromatic carbocycles. The minimum Gasteiger partial charge on any atom is -0.481 e. The van der Waals surface area contributed by atoms with Crippen molar-refractivity contribution in [3.05, 3.63) is 35.4 Å². The average molecular weight is 256 g/mol. The van der Waals surface area contributed by atoms with Crippen molar-refractivity contribution in [3.8, 4) is 0 Å². The molecule has 1 unspecified atom stereocenters. The normalized spacial score (nSPS) is 24.9. The Morgan fingerprint density at radius 3 is 2.50 bits per heavy atom. The van der Waals surface area contributed by atoms with Crippen molar-refractivity contribution in [1.29, 1.82) is 0 Å². The average Bonchev–Trinajstić information content (AvgIpc) is 2.48. The molecule has 1 atom stereocenters. The van der Waals surface area contributed by atoms with Crippen LogP contribution in [0.2, 0.25) is 0 Å². The third-order valence-electron chi connectivity index (χ3n) is 3.12. The zero-order chi connectivity index (χ0) is 13.6. The number of carboxylic acids is 1. The maximum absolute atomic E-state index is 13.8. The van der Waals surface area contributed by atoms with Gasteiger partial charge < -0.3 is 10.2 Å². The number of halogens is 2. The van der Waals surface area contributed by atoms with E-state index in [1.807, 2.05) is 0 Å². The monoisotopic (exact) mass is 256 g/mol. The van der Waals surface area contributed by atoms with E-state index < -0.39 is 36.1 Å². The molecule has 1 aromatic rings. The van der Waals surface area contributed by atoms with Crippen molar-refractivity contribution >= 4 is 11.8 Å². The summed E-state index contributed by atoms with van der Waals surface area (Å²) < 4.78 is 27.7. The summed E-state index contributed by atoms with van der Waals surface area (Å²) in [6, 6.07) is 5.25. The van der Waals surface area contributed by atoms with Crippen molar-refractivity contribution in [2.45, 2.75) is 24.4 Å². The lowest BCUT2D eigenvalue weighted by Crippen LogP contribution is -2.45. The first-order chi connectivity index (χ1) is 8.30. The molecule has 2 N–H and O–H groups in total. The molecule has 0 spiro atoms. The highest BCUT2D eigenvalue weighted by atomic mass is 19.3. The van der Waals surface area contributed by atoms with Crippen LogP contribution in [-0.2, 0) is 10.4 Å². The fourth-order valence-electron chi connectivity index (χ4n) is 2.15. The van der Waals surface area contributed by atoms with E-state index in [4.69, 9.17) is 5.11 Å². The Hall–Kier alpha value is -1.82. The SMILES string of the molecule is O=C(O)CCC1(O)c2ccccc2C(=O)C1(F)F. The number of fused-ring (bicyclic) bond motifs is 1. The Morgan fingerprint density at radius 1 is 1.28 bits per heavy atom. The predicted octanol–water partition coefficient (Wildman–Crippen LogP) is 1.57. The van der Waals surface area contributed by atoms with E-state index in [1.54, 1.807) is 0 Å². The quantitative estimate of drug-likeness (QED) is 0.860. The van der Waals surface area contributed by atoms with Crippen LogP contribution in [0.3, 0.4) is 0 Å². The molecule has 0 amide bonds. The molecule has 0 aromatic heterocycles. The maximum Gasteiger partial charge on any atom is 0.341 e. The summed E-state index contributed by atoms with van der Waals surface area (Å²) in [5.41, 5.74) is -3.20. The molecule has 0 saturated heterocycles. The molecule has 18 heavy (non-hydrogen) atoms. The minimum atomic E-state index is -3.99. The summed E-state index contributed by atoms with van der Waals surface area (Å²) in [5, 5.41) is 18.6. The van der Waals surface area contributed by atoms with E-state index in [-0.39, 0.29) is 11.1 Å². The molecule has 2 rings (SSSR count). The largest absolute Gasteiger partial charge is 0.481 e. The number of aliphatic hydroxyl groups is 1. The van der Waals surface area contributed by atoms with Gasteiger partial charge in [-0.25, -0.2) is 0 Å². The molecule has 4 nitrogen and oxygen atoms in total. The number of aliphatic carboxylic acids is 1. The summed E-state index contributed by atoms with van der Waals surface area (Å²) in [6.07, 6.45) is -1.36. The van der Waals surface area contributed by atoms with Gasteiger partial charge >= 0.3 is 11.9 Å². The van der Waals surface area contributed by atoms with Crippen molar-refractivity contribution in [2.75, 3.05) is 0 Å². The summed E-state index contributed by atoms with van der Waals surface area (Å²) in [6.45, 7) is 0. The van der Waals surface area contributed by atoms with Gasteiger partial charge in [0.15, 0.2) is 5.60 Å². The number of hydrogen-bond acceptors (Lipinski definition) is 3. The Bertz CT molecular complexity index is 527. The number of carbonyl (C=O) groups excluding carboxylic acids is 1. The van der Waals surface area contributed by atoms with Gasteiger partial charge in [-0.05, 0) is 6.42 Å². The molecule has 1 aliphatic rings. The lowest BCUT2D eigenvalue weighted by molar-refractivity contribution is -0.159. The van der Waals surface area contributed by atoms with Crippen LogP contribution in [0.4, 0.5) is 8.78 Å². The van der Waals surface area contributed by atoms with Gasteiger partial charge in [-0.15, -0.1) is 0 Å². The molecule has 6 heteroatoms. The number of rotatable bonds is 3. The van der Waals surface area contributed by atoms with Crippen LogP contribution >= 0.6 is 0 Å². The number of carbonyl (C=O) groups is 2. The molecule has 0 heterocycles. The Balaban J connectivity index is 2.51. The van der Waals surface area contributed by atoms with Crippen LogP contribution in [0, 0.1) is 0 Å². The number of benzene rings is 1. The maximum atomic E-state index is 13.8. The van der Waals surface area contributed by atoms with Crippen LogP contribution in [0.1, 0.15) is 28.8 Å². The van der Waals surface area contributed by atoms with Crippen LogP contribution in [-0.4, -0.2) is 27.9 Å². The lowest BCUT2D eigenvalue weighted by atomic mass is 9.88. The molecule has 1 aliphatic carbocycles. The zero-order valence-corrected chi connectivity index (χ0v) is 9.19. The number of Topliss-reactive ketones (excluding diaryl/α,β-unsaturated/α-hetero) is 1. The van der Waals surface area contributed by atoms with E-state index in [0.717, 1.165) is 0 Å². The number of carboxylic acid groups (broad SMARTS) is 1. The highest BCUT2D eigenvalue weighted by Crippen LogP contribution is 2.50. The van der Waals surface area contributed by atoms with Gasteiger partial charge in [0, 0.05) is 17.5 Å². The van der Waals surface area contributed by atoms with Crippen molar-refractivity contribution in [3.63, 3.8) is 0 Å². The molecule has 0 radical (unpaired) electrons. The van der Waals surface area contributed by atoms with E-state index in [0.29, 0.717) is 0 Å². The smallest absolute Gasteiger partial charge is 0.341 e. The first-order valence-electron chi connectivity index (χ1n) is 5.27. The second-order valence-corrected chi connectivity index (χ2v) is 4.20.